The van der Waals surface area contributed by atoms with E-state index in [1.807, 2.05) is 61.5 Å². The zero-order valence-electron chi connectivity index (χ0n) is 10.5. The average Bonchev–Trinajstić information content (AvgIpc) is 2.46. The molecule has 0 spiro atoms. The highest BCUT2D eigenvalue weighted by atomic mass is 16.6. The van der Waals surface area contributed by atoms with Crippen molar-refractivity contribution in [2.45, 2.75) is 6.92 Å². The van der Waals surface area contributed by atoms with Crippen molar-refractivity contribution >= 4 is 5.71 Å². The van der Waals surface area contributed by atoms with Gasteiger partial charge in [0.15, 0.2) is 11.5 Å². The molecule has 0 atom stereocenters. The molecule has 2 rings (SSSR count). The largest absolute Gasteiger partial charge is 0.493 e. The van der Waals surface area contributed by atoms with E-state index in [2.05, 4.69) is 5.16 Å². The number of hydrogen-bond acceptors (Lipinski definition) is 3. The maximum absolute atomic E-state index is 5.41. The van der Waals surface area contributed by atoms with Crippen LogP contribution in [0.4, 0.5) is 0 Å². The number of rotatable bonds is 4. The number of nitrogens with zero attached hydrogens (tertiary/aromatic N) is 1. The van der Waals surface area contributed by atoms with Crippen LogP contribution in [0.2, 0.25) is 0 Å². The monoisotopic (exact) mass is 241 g/mol. The standard InChI is InChI=1S/C15H15NO2/c1-12(13-8-4-3-5-9-13)16-18-15-11-7-6-10-14(15)17-2/h3-11H,1-2H3/b16-12+. The van der Waals surface area contributed by atoms with Gasteiger partial charge >= 0.3 is 0 Å². The normalized spacial score (nSPS) is 11.1. The van der Waals surface area contributed by atoms with Crippen molar-refractivity contribution in [2.75, 3.05) is 7.11 Å². The highest BCUT2D eigenvalue weighted by Crippen LogP contribution is 2.26. The molecule has 0 N–H and O–H groups in total. The molecule has 0 bridgehead atoms. The Balaban J connectivity index is 2.15. The summed E-state index contributed by atoms with van der Waals surface area (Å²) < 4.78 is 5.19. The van der Waals surface area contributed by atoms with Crippen LogP contribution >= 0.6 is 0 Å². The van der Waals surface area contributed by atoms with Crippen molar-refractivity contribution in [1.29, 1.82) is 0 Å². The van der Waals surface area contributed by atoms with Crippen molar-refractivity contribution in [3.63, 3.8) is 0 Å². The second kappa shape index (κ2) is 5.87. The Morgan fingerprint density at radius 2 is 1.50 bits per heavy atom. The second-order valence-corrected chi connectivity index (χ2v) is 3.78. The summed E-state index contributed by atoms with van der Waals surface area (Å²) in [5.41, 5.74) is 1.86. The lowest BCUT2D eigenvalue weighted by Gasteiger charge is -2.06. The van der Waals surface area contributed by atoms with Crippen LogP contribution < -0.4 is 9.57 Å². The predicted molar refractivity (Wildman–Crippen MR) is 72.3 cm³/mol. The first-order valence-electron chi connectivity index (χ1n) is 5.71. The minimum atomic E-state index is 0.607. The molecular weight excluding hydrogens is 226 g/mol. The predicted octanol–water partition coefficient (Wildman–Crippen LogP) is 3.50. The number of methoxy groups -OCH3 is 1. The Hall–Kier alpha value is -2.29. The molecule has 2 aromatic rings. The maximum atomic E-state index is 5.41. The lowest BCUT2D eigenvalue weighted by atomic mass is 10.1. The average molecular weight is 241 g/mol. The summed E-state index contributed by atoms with van der Waals surface area (Å²) in [6, 6.07) is 17.3. The molecule has 0 aromatic heterocycles. The quantitative estimate of drug-likeness (QED) is 0.606. The van der Waals surface area contributed by atoms with Crippen LogP contribution in [0.25, 0.3) is 0 Å². The van der Waals surface area contributed by atoms with E-state index >= 15 is 0 Å². The van der Waals surface area contributed by atoms with Crippen molar-refractivity contribution in [3.05, 3.63) is 60.2 Å². The van der Waals surface area contributed by atoms with Gasteiger partial charge in [-0.2, -0.15) is 0 Å². The molecule has 3 heteroatoms. The molecule has 0 heterocycles. The topological polar surface area (TPSA) is 30.8 Å². The smallest absolute Gasteiger partial charge is 0.199 e. The Kier molecular flexibility index (Phi) is 3.97. The van der Waals surface area contributed by atoms with E-state index in [1.165, 1.54) is 0 Å². The highest BCUT2D eigenvalue weighted by Gasteiger charge is 2.03. The van der Waals surface area contributed by atoms with Gasteiger partial charge in [-0.3, -0.25) is 0 Å². The summed E-state index contributed by atoms with van der Waals surface area (Å²) in [7, 11) is 1.61. The van der Waals surface area contributed by atoms with Crippen molar-refractivity contribution in [1.82, 2.24) is 0 Å². The van der Waals surface area contributed by atoms with E-state index in [1.54, 1.807) is 7.11 Å². The number of hydrogen-bond donors (Lipinski definition) is 0. The Labute approximate surface area is 107 Å². The zero-order chi connectivity index (χ0) is 12.8. The van der Waals surface area contributed by atoms with Gasteiger partial charge in [-0.1, -0.05) is 47.6 Å². The first-order valence-corrected chi connectivity index (χ1v) is 5.71. The molecule has 0 amide bonds. The van der Waals surface area contributed by atoms with Gasteiger partial charge in [0.2, 0.25) is 0 Å². The summed E-state index contributed by atoms with van der Waals surface area (Å²) in [5, 5.41) is 4.11. The molecular formula is C15H15NO2. The molecule has 0 aliphatic heterocycles. The van der Waals surface area contributed by atoms with Crippen LogP contribution in [-0.4, -0.2) is 12.8 Å². The third-order valence-corrected chi connectivity index (χ3v) is 2.54. The van der Waals surface area contributed by atoms with Gasteiger partial charge in [0.25, 0.3) is 0 Å². The summed E-state index contributed by atoms with van der Waals surface area (Å²) in [6.45, 7) is 1.91. The maximum Gasteiger partial charge on any atom is 0.199 e. The SMILES string of the molecule is COc1ccccc1O/N=C(\C)c1ccccc1. The van der Waals surface area contributed by atoms with Gasteiger partial charge < -0.3 is 9.57 Å². The Bertz CT molecular complexity index is 535. The highest BCUT2D eigenvalue weighted by molar-refractivity contribution is 5.98. The molecule has 0 saturated carbocycles. The van der Waals surface area contributed by atoms with Crippen LogP contribution in [0.5, 0.6) is 11.5 Å². The third-order valence-electron chi connectivity index (χ3n) is 2.54. The van der Waals surface area contributed by atoms with Crippen LogP contribution in [0.3, 0.4) is 0 Å². The van der Waals surface area contributed by atoms with Gasteiger partial charge in [-0.15, -0.1) is 0 Å². The van der Waals surface area contributed by atoms with E-state index < -0.39 is 0 Å². The number of oxime groups is 1. The molecule has 2 aromatic carbocycles. The second-order valence-electron chi connectivity index (χ2n) is 3.78. The van der Waals surface area contributed by atoms with Crippen molar-refractivity contribution in [2.24, 2.45) is 5.16 Å². The number of benzene rings is 2. The van der Waals surface area contributed by atoms with E-state index in [-0.39, 0.29) is 0 Å². The van der Waals surface area contributed by atoms with Gasteiger partial charge in [-0.05, 0) is 24.6 Å². The lowest BCUT2D eigenvalue weighted by Crippen LogP contribution is -1.98. The molecule has 0 fully saturated rings. The van der Waals surface area contributed by atoms with Crippen LogP contribution in [0.15, 0.2) is 59.8 Å². The molecule has 18 heavy (non-hydrogen) atoms. The third kappa shape index (κ3) is 2.88. The van der Waals surface area contributed by atoms with Gasteiger partial charge in [-0.25, -0.2) is 0 Å². The van der Waals surface area contributed by atoms with Crippen molar-refractivity contribution < 1.29 is 9.57 Å². The first-order chi connectivity index (χ1) is 8.81. The zero-order valence-corrected chi connectivity index (χ0v) is 10.5. The van der Waals surface area contributed by atoms with E-state index in [0.29, 0.717) is 11.5 Å². The first kappa shape index (κ1) is 12.2. The fourth-order valence-corrected chi connectivity index (χ4v) is 1.54. The number of para-hydroxylation sites is 2. The van der Waals surface area contributed by atoms with Gasteiger partial charge in [0.1, 0.15) is 0 Å². The molecule has 0 aliphatic carbocycles. The van der Waals surface area contributed by atoms with E-state index in [9.17, 15) is 0 Å². The molecule has 3 nitrogen and oxygen atoms in total. The molecule has 0 saturated heterocycles. The minimum absolute atomic E-state index is 0.607. The summed E-state index contributed by atoms with van der Waals surface area (Å²) in [5.74, 6) is 1.28. The van der Waals surface area contributed by atoms with Crippen molar-refractivity contribution in [3.8, 4) is 11.5 Å². The summed E-state index contributed by atoms with van der Waals surface area (Å²) in [6.07, 6.45) is 0. The summed E-state index contributed by atoms with van der Waals surface area (Å²) in [4.78, 5) is 5.41. The molecule has 92 valence electrons. The van der Waals surface area contributed by atoms with E-state index in [4.69, 9.17) is 9.57 Å². The van der Waals surface area contributed by atoms with Gasteiger partial charge in [0.05, 0.1) is 12.8 Å². The lowest BCUT2D eigenvalue weighted by molar-refractivity contribution is 0.311. The minimum Gasteiger partial charge on any atom is -0.493 e. The van der Waals surface area contributed by atoms with E-state index in [0.717, 1.165) is 11.3 Å². The number of ether oxygens (including phenoxy) is 1. The van der Waals surface area contributed by atoms with Crippen LogP contribution in [0, 0.1) is 0 Å². The Morgan fingerprint density at radius 1 is 0.889 bits per heavy atom. The fourth-order valence-electron chi connectivity index (χ4n) is 1.54. The van der Waals surface area contributed by atoms with Crippen LogP contribution in [0.1, 0.15) is 12.5 Å². The summed E-state index contributed by atoms with van der Waals surface area (Å²) >= 11 is 0. The molecule has 0 unspecified atom stereocenters. The molecule has 0 aliphatic rings. The Morgan fingerprint density at radius 3 is 2.17 bits per heavy atom. The van der Waals surface area contributed by atoms with Gasteiger partial charge in [0, 0.05) is 0 Å². The fraction of sp³-hybridized carbons (Fsp3) is 0.133. The molecule has 0 radical (unpaired) electrons. The van der Waals surface area contributed by atoms with Crippen LogP contribution in [-0.2, 0) is 0 Å².